The van der Waals surface area contributed by atoms with Gasteiger partial charge in [0.2, 0.25) is 0 Å². The van der Waals surface area contributed by atoms with Crippen molar-refractivity contribution in [3.05, 3.63) is 57.9 Å². The van der Waals surface area contributed by atoms with Gasteiger partial charge in [0.05, 0.1) is 18.8 Å². The van der Waals surface area contributed by atoms with Crippen LogP contribution in [-0.2, 0) is 14.3 Å². The summed E-state index contributed by atoms with van der Waals surface area (Å²) in [6.45, 7) is 8.86. The number of thiophene rings is 1. The highest BCUT2D eigenvalue weighted by atomic mass is 32.1. The van der Waals surface area contributed by atoms with Crippen molar-refractivity contribution in [2.45, 2.75) is 26.2 Å². The summed E-state index contributed by atoms with van der Waals surface area (Å²) in [5.41, 5.74) is 2.89. The summed E-state index contributed by atoms with van der Waals surface area (Å²) in [4.78, 5) is 31.0. The van der Waals surface area contributed by atoms with Crippen LogP contribution in [0.25, 0.3) is 5.57 Å². The molecule has 3 heterocycles. The number of rotatable bonds is 8. The lowest BCUT2D eigenvalue weighted by Crippen LogP contribution is -2.39. The molecule has 2 aliphatic rings. The summed E-state index contributed by atoms with van der Waals surface area (Å²) in [5.74, 6) is -0.0226. The normalized spacial score (nSPS) is 17.8. The van der Waals surface area contributed by atoms with Crippen molar-refractivity contribution >= 4 is 34.4 Å². The Morgan fingerprint density at radius 1 is 1.03 bits per heavy atom. The second-order valence-electron chi connectivity index (χ2n) is 8.20. The Bertz CT molecular complexity index is 945. The first-order chi connectivity index (χ1) is 15.0. The van der Waals surface area contributed by atoms with E-state index < -0.39 is 0 Å². The van der Waals surface area contributed by atoms with Crippen molar-refractivity contribution in [2.75, 3.05) is 44.7 Å². The molecule has 2 aromatic rings. The fraction of sp³-hybridized carbons (Fsp3) is 0.417. The van der Waals surface area contributed by atoms with Crippen LogP contribution < -0.4 is 5.32 Å². The van der Waals surface area contributed by atoms with Crippen molar-refractivity contribution in [3.8, 4) is 0 Å². The van der Waals surface area contributed by atoms with E-state index in [-0.39, 0.29) is 11.8 Å². The van der Waals surface area contributed by atoms with Crippen molar-refractivity contribution < 1.29 is 14.3 Å². The first-order valence-electron chi connectivity index (χ1n) is 10.9. The van der Waals surface area contributed by atoms with Gasteiger partial charge in [0, 0.05) is 36.7 Å². The summed E-state index contributed by atoms with van der Waals surface area (Å²) in [7, 11) is 0. The highest BCUT2D eigenvalue weighted by Gasteiger charge is 2.39. The Labute approximate surface area is 187 Å². The minimum Gasteiger partial charge on any atom is -0.379 e. The molecule has 2 aliphatic heterocycles. The largest absolute Gasteiger partial charge is 0.379 e. The van der Waals surface area contributed by atoms with Crippen LogP contribution >= 0.6 is 11.3 Å². The number of carbonyl (C=O) groups is 2. The molecule has 1 saturated heterocycles. The smallest absolute Gasteiger partial charge is 0.278 e. The Hall–Kier alpha value is -2.48. The number of ether oxygens (including phenoxy) is 1. The van der Waals surface area contributed by atoms with Crippen LogP contribution in [0.2, 0.25) is 0 Å². The number of hydrogen-bond acceptors (Lipinski definition) is 6. The van der Waals surface area contributed by atoms with Crippen molar-refractivity contribution in [1.29, 1.82) is 0 Å². The van der Waals surface area contributed by atoms with Gasteiger partial charge in [-0.1, -0.05) is 32.0 Å². The van der Waals surface area contributed by atoms with E-state index in [2.05, 4.69) is 36.2 Å². The zero-order valence-corrected chi connectivity index (χ0v) is 18.9. The third kappa shape index (κ3) is 4.89. The average Bonchev–Trinajstić information content (AvgIpc) is 3.38. The molecule has 1 N–H and O–H groups in total. The number of benzene rings is 1. The van der Waals surface area contributed by atoms with Crippen LogP contribution in [0.5, 0.6) is 0 Å². The van der Waals surface area contributed by atoms with E-state index in [0.717, 1.165) is 49.8 Å². The number of amides is 2. The minimum absolute atomic E-state index is 0.212. The molecule has 0 spiro atoms. The Morgan fingerprint density at radius 2 is 1.77 bits per heavy atom. The topological polar surface area (TPSA) is 61.9 Å². The van der Waals surface area contributed by atoms with Gasteiger partial charge in [0.1, 0.15) is 5.70 Å². The Kier molecular flexibility index (Phi) is 6.85. The predicted molar refractivity (Wildman–Crippen MR) is 124 cm³/mol. The van der Waals surface area contributed by atoms with Gasteiger partial charge >= 0.3 is 0 Å². The summed E-state index contributed by atoms with van der Waals surface area (Å²) < 4.78 is 5.39. The zero-order chi connectivity index (χ0) is 21.8. The first kappa shape index (κ1) is 21.7. The van der Waals surface area contributed by atoms with Gasteiger partial charge in [-0.05, 0) is 41.5 Å². The number of morpholine rings is 1. The van der Waals surface area contributed by atoms with E-state index in [1.165, 1.54) is 21.8 Å². The van der Waals surface area contributed by atoms with E-state index in [9.17, 15) is 9.59 Å². The lowest BCUT2D eigenvalue weighted by molar-refractivity contribution is -0.136. The molecule has 164 valence electrons. The molecule has 0 unspecified atom stereocenters. The molecule has 1 fully saturated rings. The molecule has 0 radical (unpaired) electrons. The van der Waals surface area contributed by atoms with Gasteiger partial charge in [-0.3, -0.25) is 19.4 Å². The molecule has 31 heavy (non-hydrogen) atoms. The molecule has 6 nitrogen and oxygen atoms in total. The second kappa shape index (κ2) is 9.77. The zero-order valence-electron chi connectivity index (χ0n) is 18.1. The van der Waals surface area contributed by atoms with Crippen molar-refractivity contribution in [3.63, 3.8) is 0 Å². The maximum Gasteiger partial charge on any atom is 0.278 e. The molecule has 7 heteroatoms. The average molecular weight is 440 g/mol. The molecule has 1 aromatic heterocycles. The number of carbonyl (C=O) groups excluding carboxylic acids is 2. The van der Waals surface area contributed by atoms with Gasteiger partial charge in [-0.15, -0.1) is 11.3 Å². The van der Waals surface area contributed by atoms with Gasteiger partial charge < -0.3 is 10.1 Å². The molecule has 2 amide bonds. The molecule has 1 aromatic carbocycles. The lowest BCUT2D eigenvalue weighted by atomic mass is 10.0. The van der Waals surface area contributed by atoms with Crippen LogP contribution in [0.3, 0.4) is 0 Å². The van der Waals surface area contributed by atoms with Gasteiger partial charge in [0.15, 0.2) is 0 Å². The molecular weight excluding hydrogens is 410 g/mol. The molecular formula is C24H29N3O3S. The predicted octanol–water partition coefficient (Wildman–Crippen LogP) is 3.79. The maximum absolute atomic E-state index is 13.2. The van der Waals surface area contributed by atoms with Crippen LogP contribution in [-0.4, -0.2) is 61.0 Å². The Morgan fingerprint density at radius 3 is 2.42 bits per heavy atom. The van der Waals surface area contributed by atoms with Crippen LogP contribution in [0.4, 0.5) is 5.69 Å². The molecule has 0 aliphatic carbocycles. The summed E-state index contributed by atoms with van der Waals surface area (Å²) >= 11 is 1.48. The van der Waals surface area contributed by atoms with E-state index in [4.69, 9.17) is 4.74 Å². The maximum atomic E-state index is 13.2. The first-order valence-corrected chi connectivity index (χ1v) is 11.7. The van der Waals surface area contributed by atoms with E-state index in [0.29, 0.717) is 23.7 Å². The molecule has 0 saturated carbocycles. The van der Waals surface area contributed by atoms with Crippen molar-refractivity contribution in [1.82, 2.24) is 9.80 Å². The lowest BCUT2D eigenvalue weighted by Gasteiger charge is -2.27. The van der Waals surface area contributed by atoms with Crippen LogP contribution in [0.15, 0.2) is 47.5 Å². The van der Waals surface area contributed by atoms with Crippen LogP contribution in [0, 0.1) is 0 Å². The van der Waals surface area contributed by atoms with E-state index in [1.54, 1.807) is 0 Å². The SMILES string of the molecule is CC(C)c1ccc(NC2=C(c3cccs3)C(=O)N(CCCN3CCOCC3)C2=O)cc1. The molecule has 0 atom stereocenters. The summed E-state index contributed by atoms with van der Waals surface area (Å²) in [6.07, 6.45) is 0.756. The highest BCUT2D eigenvalue weighted by molar-refractivity contribution is 7.11. The number of anilines is 1. The quantitative estimate of drug-likeness (QED) is 0.634. The third-order valence-electron chi connectivity index (χ3n) is 5.74. The van der Waals surface area contributed by atoms with Crippen LogP contribution in [0.1, 0.15) is 36.6 Å². The fourth-order valence-electron chi connectivity index (χ4n) is 3.92. The second-order valence-corrected chi connectivity index (χ2v) is 9.15. The minimum atomic E-state index is -0.247. The van der Waals surface area contributed by atoms with E-state index >= 15 is 0 Å². The number of nitrogens with one attached hydrogen (secondary N) is 1. The fourth-order valence-corrected chi connectivity index (χ4v) is 4.69. The van der Waals surface area contributed by atoms with E-state index in [1.807, 2.05) is 29.6 Å². The molecule has 4 rings (SSSR count). The summed E-state index contributed by atoms with van der Waals surface area (Å²) in [6, 6.07) is 11.8. The number of nitrogens with zero attached hydrogens (tertiary/aromatic N) is 2. The highest BCUT2D eigenvalue weighted by Crippen LogP contribution is 2.33. The third-order valence-corrected chi connectivity index (χ3v) is 6.63. The monoisotopic (exact) mass is 439 g/mol. The number of hydrogen-bond donors (Lipinski definition) is 1. The Balaban J connectivity index is 1.50. The van der Waals surface area contributed by atoms with Crippen molar-refractivity contribution in [2.24, 2.45) is 0 Å². The molecule has 0 bridgehead atoms. The summed E-state index contributed by atoms with van der Waals surface area (Å²) in [5, 5.41) is 5.17. The van der Waals surface area contributed by atoms with Gasteiger partial charge in [-0.2, -0.15) is 0 Å². The standard InChI is InChI=1S/C24H29N3O3S/c1-17(2)18-6-8-19(9-7-18)25-22-21(20-5-3-16-31-20)23(28)27(24(22)29)11-4-10-26-12-14-30-15-13-26/h3,5-9,16-17,25H,4,10-15H2,1-2H3. The number of imide groups is 1. The van der Waals surface area contributed by atoms with Gasteiger partial charge in [-0.25, -0.2) is 0 Å². The van der Waals surface area contributed by atoms with Gasteiger partial charge in [0.25, 0.3) is 11.8 Å².